The van der Waals surface area contributed by atoms with E-state index in [1.807, 2.05) is 55.5 Å². The van der Waals surface area contributed by atoms with Gasteiger partial charge in [-0.3, -0.25) is 4.21 Å². The number of rotatable bonds is 5. The third-order valence-corrected chi connectivity index (χ3v) is 5.51. The van der Waals surface area contributed by atoms with E-state index in [0.29, 0.717) is 5.75 Å². The first kappa shape index (κ1) is 15.7. The van der Waals surface area contributed by atoms with E-state index >= 15 is 0 Å². The summed E-state index contributed by atoms with van der Waals surface area (Å²) in [5.74, 6) is 0.472. The molecule has 2 nitrogen and oxygen atoms in total. The Hall–Kier alpha value is -0.720. The Morgan fingerprint density at radius 2 is 1.80 bits per heavy atom. The van der Waals surface area contributed by atoms with Gasteiger partial charge in [0, 0.05) is 15.6 Å². The van der Waals surface area contributed by atoms with Gasteiger partial charge in [-0.25, -0.2) is 0 Å². The Balaban J connectivity index is 2.16. The first-order valence-electron chi connectivity index (χ1n) is 6.34. The molecule has 0 unspecified atom stereocenters. The quantitative estimate of drug-likeness (QED) is 0.707. The zero-order valence-electron chi connectivity index (χ0n) is 11.5. The molecule has 2 atom stereocenters. The summed E-state index contributed by atoms with van der Waals surface area (Å²) in [7, 11) is 0.608. The second kappa shape index (κ2) is 7.33. The number of halogens is 1. The van der Waals surface area contributed by atoms with Gasteiger partial charge in [-0.05, 0) is 53.3 Å². The lowest BCUT2D eigenvalue weighted by molar-refractivity contribution is 0.122. The number of hydrogen-bond donors (Lipinski definition) is 0. The second-order valence-electron chi connectivity index (χ2n) is 4.57. The van der Waals surface area contributed by atoms with Gasteiger partial charge in [0.25, 0.3) is 0 Å². The lowest BCUT2D eigenvalue weighted by Gasteiger charge is -2.17. The number of aryl methyl sites for hydroxylation is 1. The molecule has 0 bridgehead atoms. The lowest BCUT2D eigenvalue weighted by atomic mass is 10.1. The van der Waals surface area contributed by atoms with E-state index in [1.165, 1.54) is 5.56 Å². The van der Waals surface area contributed by atoms with Crippen molar-refractivity contribution in [1.82, 2.24) is 0 Å². The Kier molecular flexibility index (Phi) is 5.74. The van der Waals surface area contributed by atoms with Gasteiger partial charge in [0.2, 0.25) is 0 Å². The Bertz CT molecular complexity index is 596. The van der Waals surface area contributed by atoms with Crippen molar-refractivity contribution in [3.63, 3.8) is 0 Å². The van der Waals surface area contributed by atoms with Gasteiger partial charge in [-0.1, -0.05) is 35.9 Å². The van der Waals surface area contributed by atoms with E-state index in [-0.39, 0.29) is 6.10 Å². The van der Waals surface area contributed by atoms with Crippen molar-refractivity contribution in [2.75, 3.05) is 12.9 Å². The van der Waals surface area contributed by atoms with Crippen molar-refractivity contribution in [3.05, 3.63) is 63.2 Å². The number of hydrogen-bond acceptors (Lipinski definition) is 2. The van der Waals surface area contributed by atoms with Crippen LogP contribution in [0.4, 0.5) is 0 Å². The van der Waals surface area contributed by atoms with Gasteiger partial charge in [-0.2, -0.15) is 0 Å². The van der Waals surface area contributed by atoms with Crippen molar-refractivity contribution in [1.29, 1.82) is 0 Å². The molecule has 2 aromatic carbocycles. The van der Waals surface area contributed by atoms with Crippen LogP contribution in [-0.2, 0) is 15.5 Å². The fraction of sp³-hybridized carbons (Fsp3) is 0.250. The summed E-state index contributed by atoms with van der Waals surface area (Å²) in [5.41, 5.74) is 2.27. The molecule has 0 spiro atoms. The highest BCUT2D eigenvalue weighted by Crippen LogP contribution is 2.24. The smallest absolute Gasteiger partial charge is 0.0950 e. The van der Waals surface area contributed by atoms with Crippen LogP contribution in [0.1, 0.15) is 17.2 Å². The molecule has 0 fully saturated rings. The molecule has 0 heterocycles. The van der Waals surface area contributed by atoms with Crippen LogP contribution in [0.15, 0.2) is 53.4 Å². The van der Waals surface area contributed by atoms with Crippen LogP contribution >= 0.6 is 22.6 Å². The Labute approximate surface area is 136 Å². The van der Waals surface area contributed by atoms with Crippen molar-refractivity contribution in [2.24, 2.45) is 0 Å². The predicted molar refractivity (Wildman–Crippen MR) is 91.4 cm³/mol. The molecule has 0 aliphatic carbocycles. The standard InChI is InChI=1S/C16H17IO2S/c1-12-7-9-13(10-8-12)20(18)11-16(19-2)14-5-3-4-6-15(14)17/h3-10,16H,11H2,1-2H3/t16-,20-/m1/s1. The van der Waals surface area contributed by atoms with E-state index in [1.54, 1.807) is 7.11 Å². The molecular weight excluding hydrogens is 383 g/mol. The fourth-order valence-electron chi connectivity index (χ4n) is 1.94. The number of methoxy groups -OCH3 is 1. The minimum atomic E-state index is -1.06. The van der Waals surface area contributed by atoms with Crippen LogP contribution in [0, 0.1) is 10.5 Å². The van der Waals surface area contributed by atoms with Crippen LogP contribution in [0.3, 0.4) is 0 Å². The van der Waals surface area contributed by atoms with Crippen LogP contribution in [0.25, 0.3) is 0 Å². The molecule has 0 saturated carbocycles. The topological polar surface area (TPSA) is 26.3 Å². The first-order chi connectivity index (χ1) is 9.61. The van der Waals surface area contributed by atoms with E-state index in [4.69, 9.17) is 4.74 Å². The predicted octanol–water partition coefficient (Wildman–Crippen LogP) is 4.09. The minimum absolute atomic E-state index is 0.148. The van der Waals surface area contributed by atoms with Gasteiger partial charge >= 0.3 is 0 Å². The van der Waals surface area contributed by atoms with E-state index in [2.05, 4.69) is 22.6 Å². The molecule has 0 saturated heterocycles. The molecule has 2 rings (SSSR count). The largest absolute Gasteiger partial charge is 0.376 e. The molecule has 0 amide bonds. The molecule has 106 valence electrons. The molecule has 0 aliphatic rings. The van der Waals surface area contributed by atoms with Crippen LogP contribution in [0.5, 0.6) is 0 Å². The van der Waals surface area contributed by atoms with Crippen LogP contribution < -0.4 is 0 Å². The molecule has 0 radical (unpaired) electrons. The van der Waals surface area contributed by atoms with Crippen molar-refractivity contribution in [2.45, 2.75) is 17.9 Å². The molecule has 0 aromatic heterocycles. The summed E-state index contributed by atoms with van der Waals surface area (Å²) < 4.78 is 19.1. The maximum Gasteiger partial charge on any atom is 0.0950 e. The summed E-state index contributed by atoms with van der Waals surface area (Å²) in [6.45, 7) is 2.02. The lowest BCUT2D eigenvalue weighted by Crippen LogP contribution is -2.13. The highest BCUT2D eigenvalue weighted by molar-refractivity contribution is 14.1. The van der Waals surface area contributed by atoms with Crippen LogP contribution in [0.2, 0.25) is 0 Å². The molecule has 4 heteroatoms. The van der Waals surface area contributed by atoms with Gasteiger partial charge in [0.1, 0.15) is 0 Å². The third-order valence-electron chi connectivity index (χ3n) is 3.12. The van der Waals surface area contributed by atoms with Gasteiger partial charge in [0.15, 0.2) is 0 Å². The number of benzene rings is 2. The van der Waals surface area contributed by atoms with E-state index < -0.39 is 10.8 Å². The second-order valence-corrected chi connectivity index (χ2v) is 7.23. The fourth-order valence-corrected chi connectivity index (χ4v) is 3.90. The average molecular weight is 400 g/mol. The van der Waals surface area contributed by atoms with Crippen molar-refractivity contribution in [3.8, 4) is 0 Å². The summed E-state index contributed by atoms with van der Waals surface area (Å²) in [6.07, 6.45) is -0.148. The molecule has 2 aromatic rings. The third kappa shape index (κ3) is 3.90. The van der Waals surface area contributed by atoms with Gasteiger partial charge in [0.05, 0.1) is 22.7 Å². The Morgan fingerprint density at radius 1 is 1.15 bits per heavy atom. The minimum Gasteiger partial charge on any atom is -0.376 e. The molecule has 0 aliphatic heterocycles. The molecular formula is C16H17IO2S. The molecule has 0 N–H and O–H groups in total. The normalized spacial score (nSPS) is 13.9. The van der Waals surface area contributed by atoms with E-state index in [0.717, 1.165) is 14.0 Å². The monoisotopic (exact) mass is 400 g/mol. The summed E-state index contributed by atoms with van der Waals surface area (Å²) in [4.78, 5) is 0.851. The summed E-state index contributed by atoms with van der Waals surface area (Å²) in [6, 6.07) is 15.9. The zero-order valence-corrected chi connectivity index (χ0v) is 14.5. The average Bonchev–Trinajstić information content (AvgIpc) is 2.46. The van der Waals surface area contributed by atoms with Gasteiger partial charge in [-0.15, -0.1) is 0 Å². The highest BCUT2D eigenvalue weighted by Gasteiger charge is 2.17. The maximum atomic E-state index is 12.4. The van der Waals surface area contributed by atoms with Crippen molar-refractivity contribution >= 4 is 33.4 Å². The van der Waals surface area contributed by atoms with Crippen LogP contribution in [-0.4, -0.2) is 17.1 Å². The number of ether oxygens (including phenoxy) is 1. The zero-order chi connectivity index (χ0) is 14.5. The summed E-state index contributed by atoms with van der Waals surface area (Å²) in [5, 5.41) is 0. The van der Waals surface area contributed by atoms with E-state index in [9.17, 15) is 4.21 Å². The molecule has 20 heavy (non-hydrogen) atoms. The van der Waals surface area contributed by atoms with Crippen molar-refractivity contribution < 1.29 is 8.95 Å². The highest BCUT2D eigenvalue weighted by atomic mass is 127. The first-order valence-corrected chi connectivity index (χ1v) is 8.74. The van der Waals surface area contributed by atoms with Gasteiger partial charge < -0.3 is 4.74 Å². The Morgan fingerprint density at radius 3 is 2.40 bits per heavy atom. The SMILES string of the molecule is CO[C@H](C[S@@](=O)c1ccc(C)cc1)c1ccccc1I. The maximum absolute atomic E-state index is 12.4. The summed E-state index contributed by atoms with van der Waals surface area (Å²) >= 11 is 2.29.